The van der Waals surface area contributed by atoms with Crippen LogP contribution in [0.4, 0.5) is 19.0 Å². The van der Waals surface area contributed by atoms with Gasteiger partial charge in [-0.1, -0.05) is 11.6 Å². The third-order valence-electron chi connectivity index (χ3n) is 3.01. The molecule has 0 spiro atoms. The Labute approximate surface area is 107 Å². The summed E-state index contributed by atoms with van der Waals surface area (Å²) in [6.45, 7) is -0.0256. The number of halogens is 4. The van der Waals surface area contributed by atoms with E-state index >= 15 is 0 Å². The minimum Gasteiger partial charge on any atom is -0.392 e. The number of aromatic nitrogens is 1. The maximum atomic E-state index is 12.6. The van der Waals surface area contributed by atoms with E-state index in [0.717, 1.165) is 0 Å². The van der Waals surface area contributed by atoms with Crippen molar-refractivity contribution in [2.45, 2.75) is 19.2 Å². The highest BCUT2D eigenvalue weighted by molar-refractivity contribution is 6.33. The van der Waals surface area contributed by atoms with Crippen LogP contribution in [0.1, 0.15) is 12.0 Å². The van der Waals surface area contributed by atoms with Crippen LogP contribution in [0.5, 0.6) is 0 Å². The minimum absolute atomic E-state index is 0.0588. The smallest absolute Gasteiger partial charge is 0.392 e. The molecule has 100 valence electrons. The summed E-state index contributed by atoms with van der Waals surface area (Å²) in [5.41, 5.74) is 0.537. The molecule has 3 nitrogen and oxygen atoms in total. The summed E-state index contributed by atoms with van der Waals surface area (Å²) in [6.07, 6.45) is -2.70. The predicted octanol–water partition coefficient (Wildman–Crippen LogP) is 2.62. The molecule has 1 atom stereocenters. The molecule has 18 heavy (non-hydrogen) atoms. The molecular formula is C11H12ClF3N2O. The molecule has 2 heterocycles. The first kappa shape index (κ1) is 13.4. The molecule has 0 aromatic carbocycles. The first-order chi connectivity index (χ1) is 8.41. The first-order valence-electron chi connectivity index (χ1n) is 5.48. The fourth-order valence-electron chi connectivity index (χ4n) is 2.01. The second-order valence-electron chi connectivity index (χ2n) is 4.28. The lowest BCUT2D eigenvalue weighted by atomic mass is 10.1. The summed E-state index contributed by atoms with van der Waals surface area (Å²) in [4.78, 5) is 5.54. The normalized spacial score (nSPS) is 20.5. The number of alkyl halides is 3. The fourth-order valence-corrected chi connectivity index (χ4v) is 2.32. The van der Waals surface area contributed by atoms with Gasteiger partial charge in [0.05, 0.1) is 17.5 Å². The number of pyridine rings is 1. The Morgan fingerprint density at radius 2 is 2.22 bits per heavy atom. The van der Waals surface area contributed by atoms with Gasteiger partial charge in [-0.25, -0.2) is 4.98 Å². The standard InChI is InChI=1S/C11H12ClF3N2O/c12-9-3-7(6-18)4-16-10(9)17-2-1-8(5-17)11(13,14)15/h3-4,8,18H,1-2,5-6H2. The molecule has 7 heteroatoms. The maximum Gasteiger partial charge on any atom is 0.393 e. The van der Waals surface area contributed by atoms with Crippen molar-refractivity contribution in [3.05, 3.63) is 22.8 Å². The minimum atomic E-state index is -4.17. The van der Waals surface area contributed by atoms with Crippen molar-refractivity contribution in [1.82, 2.24) is 4.98 Å². The Morgan fingerprint density at radius 3 is 2.72 bits per heavy atom. The lowest BCUT2D eigenvalue weighted by molar-refractivity contribution is -0.168. The zero-order valence-electron chi connectivity index (χ0n) is 9.41. The molecule has 1 aromatic rings. The Balaban J connectivity index is 2.14. The number of aliphatic hydroxyl groups is 1. The second-order valence-corrected chi connectivity index (χ2v) is 4.69. The van der Waals surface area contributed by atoms with Gasteiger partial charge in [0.25, 0.3) is 0 Å². The number of rotatable bonds is 2. The Morgan fingerprint density at radius 1 is 1.50 bits per heavy atom. The molecule has 1 unspecified atom stereocenters. The Kier molecular flexibility index (Phi) is 3.68. The van der Waals surface area contributed by atoms with Crippen molar-refractivity contribution < 1.29 is 18.3 Å². The molecule has 0 saturated carbocycles. The monoisotopic (exact) mass is 280 g/mol. The first-order valence-corrected chi connectivity index (χ1v) is 5.86. The van der Waals surface area contributed by atoms with E-state index in [-0.39, 0.29) is 31.1 Å². The van der Waals surface area contributed by atoms with Crippen LogP contribution in [0, 0.1) is 5.92 Å². The SMILES string of the molecule is OCc1cnc(N2CCC(C(F)(F)F)C2)c(Cl)c1. The third-order valence-corrected chi connectivity index (χ3v) is 3.29. The molecule has 1 aromatic heterocycles. The van der Waals surface area contributed by atoms with Gasteiger partial charge in [-0.3, -0.25) is 0 Å². The van der Waals surface area contributed by atoms with E-state index in [2.05, 4.69) is 4.98 Å². The predicted molar refractivity (Wildman–Crippen MR) is 61.5 cm³/mol. The Bertz CT molecular complexity index is 439. The van der Waals surface area contributed by atoms with Gasteiger partial charge in [0, 0.05) is 19.3 Å². The highest BCUT2D eigenvalue weighted by Gasteiger charge is 2.44. The van der Waals surface area contributed by atoms with E-state index in [0.29, 0.717) is 11.4 Å². The molecule has 1 aliphatic rings. The van der Waals surface area contributed by atoms with Crippen LogP contribution in [0.3, 0.4) is 0 Å². The Hall–Kier alpha value is -1.01. The molecule has 0 bridgehead atoms. The van der Waals surface area contributed by atoms with Crippen LogP contribution in [-0.2, 0) is 6.61 Å². The number of nitrogens with zero attached hydrogens (tertiary/aromatic N) is 2. The zero-order valence-corrected chi connectivity index (χ0v) is 10.2. The van der Waals surface area contributed by atoms with Crippen molar-refractivity contribution in [2.24, 2.45) is 5.92 Å². The van der Waals surface area contributed by atoms with Crippen LogP contribution in [-0.4, -0.2) is 29.4 Å². The molecule has 1 aliphatic heterocycles. The lowest BCUT2D eigenvalue weighted by Crippen LogP contribution is -2.28. The molecular weight excluding hydrogens is 269 g/mol. The third kappa shape index (κ3) is 2.70. The van der Waals surface area contributed by atoms with E-state index in [1.807, 2.05) is 0 Å². The van der Waals surface area contributed by atoms with Crippen LogP contribution in [0.15, 0.2) is 12.3 Å². The van der Waals surface area contributed by atoms with Crippen LogP contribution in [0.25, 0.3) is 0 Å². The van der Waals surface area contributed by atoms with Crippen molar-refractivity contribution in [3.8, 4) is 0 Å². The zero-order chi connectivity index (χ0) is 13.3. The van der Waals surface area contributed by atoms with E-state index in [1.54, 1.807) is 0 Å². The topological polar surface area (TPSA) is 36.4 Å². The van der Waals surface area contributed by atoms with Crippen molar-refractivity contribution in [3.63, 3.8) is 0 Å². The van der Waals surface area contributed by atoms with Crippen molar-refractivity contribution in [2.75, 3.05) is 18.0 Å². The van der Waals surface area contributed by atoms with Crippen LogP contribution < -0.4 is 4.90 Å². The van der Waals surface area contributed by atoms with Gasteiger partial charge in [-0.05, 0) is 18.1 Å². The van der Waals surface area contributed by atoms with Gasteiger partial charge in [0.15, 0.2) is 0 Å². The number of anilines is 1. The summed E-state index contributed by atoms with van der Waals surface area (Å²) in [6, 6.07) is 1.52. The molecule has 0 amide bonds. The second kappa shape index (κ2) is 4.93. The average Bonchev–Trinajstić information content (AvgIpc) is 2.77. The maximum absolute atomic E-state index is 12.6. The van der Waals surface area contributed by atoms with Gasteiger partial charge < -0.3 is 10.0 Å². The summed E-state index contributed by atoms with van der Waals surface area (Å²) < 4.78 is 37.7. The summed E-state index contributed by atoms with van der Waals surface area (Å²) in [5.74, 6) is -0.978. The highest BCUT2D eigenvalue weighted by atomic mass is 35.5. The molecule has 1 N–H and O–H groups in total. The van der Waals surface area contributed by atoms with E-state index < -0.39 is 12.1 Å². The van der Waals surface area contributed by atoms with E-state index in [1.165, 1.54) is 17.2 Å². The highest BCUT2D eigenvalue weighted by Crippen LogP contribution is 2.36. The van der Waals surface area contributed by atoms with Gasteiger partial charge in [0.2, 0.25) is 0 Å². The summed E-state index contributed by atoms with van der Waals surface area (Å²) in [7, 11) is 0. The van der Waals surface area contributed by atoms with Gasteiger partial charge in [-0.2, -0.15) is 13.2 Å². The lowest BCUT2D eigenvalue weighted by Gasteiger charge is -2.20. The quantitative estimate of drug-likeness (QED) is 0.905. The summed E-state index contributed by atoms with van der Waals surface area (Å²) >= 11 is 5.95. The van der Waals surface area contributed by atoms with Gasteiger partial charge in [-0.15, -0.1) is 0 Å². The summed E-state index contributed by atoms with van der Waals surface area (Å²) in [5, 5.41) is 9.17. The molecule has 2 rings (SSSR count). The molecule has 0 radical (unpaired) electrons. The molecule has 1 saturated heterocycles. The molecule has 0 aliphatic carbocycles. The number of hydrogen-bond donors (Lipinski definition) is 1. The van der Waals surface area contributed by atoms with Crippen LogP contribution >= 0.6 is 11.6 Å². The van der Waals surface area contributed by atoms with Crippen molar-refractivity contribution >= 4 is 17.4 Å². The van der Waals surface area contributed by atoms with E-state index in [9.17, 15) is 13.2 Å². The largest absolute Gasteiger partial charge is 0.393 e. The van der Waals surface area contributed by atoms with Crippen molar-refractivity contribution in [1.29, 1.82) is 0 Å². The number of aliphatic hydroxyl groups excluding tert-OH is 1. The molecule has 1 fully saturated rings. The average molecular weight is 281 g/mol. The van der Waals surface area contributed by atoms with Gasteiger partial charge in [0.1, 0.15) is 5.82 Å². The van der Waals surface area contributed by atoms with E-state index in [4.69, 9.17) is 16.7 Å². The van der Waals surface area contributed by atoms with Crippen LogP contribution in [0.2, 0.25) is 5.02 Å². The number of hydrogen-bond acceptors (Lipinski definition) is 3. The fraction of sp³-hybridized carbons (Fsp3) is 0.545. The van der Waals surface area contributed by atoms with Gasteiger partial charge >= 0.3 is 6.18 Å².